The molecule has 2 aromatic carbocycles. The number of benzene rings is 2. The maximum atomic E-state index is 13.8. The fraction of sp³-hybridized carbons (Fsp3) is 0.407. The summed E-state index contributed by atoms with van der Waals surface area (Å²) in [5.41, 5.74) is 4.82. The topological polar surface area (TPSA) is 129 Å². The molecule has 1 atom stereocenters. The highest BCUT2D eigenvalue weighted by Crippen LogP contribution is 2.36. The van der Waals surface area contributed by atoms with Gasteiger partial charge in [-0.25, -0.2) is 15.0 Å². The van der Waals surface area contributed by atoms with Gasteiger partial charge in [0.1, 0.15) is 18.2 Å². The smallest absolute Gasteiger partial charge is 0.408 e. The molecule has 0 aliphatic carbocycles. The molecule has 0 spiro atoms. The minimum absolute atomic E-state index is 0.0758. The van der Waals surface area contributed by atoms with Crippen LogP contribution in [0.25, 0.3) is 0 Å². The summed E-state index contributed by atoms with van der Waals surface area (Å²) >= 11 is 7.34. The molecule has 1 saturated heterocycles. The number of fused-ring (bicyclic) bond motifs is 1. The van der Waals surface area contributed by atoms with E-state index in [1.807, 2.05) is 0 Å². The minimum Gasteiger partial charge on any atom is -0.444 e. The van der Waals surface area contributed by atoms with Crippen LogP contribution in [0, 0.1) is 0 Å². The van der Waals surface area contributed by atoms with Gasteiger partial charge in [0.2, 0.25) is 0 Å². The van der Waals surface area contributed by atoms with Gasteiger partial charge in [0.15, 0.2) is 0 Å². The van der Waals surface area contributed by atoms with Crippen molar-refractivity contribution in [3.8, 4) is 0 Å². The van der Waals surface area contributed by atoms with Crippen LogP contribution >= 0.6 is 23.4 Å². The molecule has 0 unspecified atom stereocenters. The number of hydrogen-bond donors (Lipinski definition) is 3. The Morgan fingerprint density at radius 2 is 1.86 bits per heavy atom. The molecule has 0 saturated carbocycles. The average molecular weight is 626 g/mol. The molecular weight excluding hydrogens is 596 g/mol. The second kappa shape index (κ2) is 12.7. The molecule has 2 aliphatic rings. The molecule has 1 fully saturated rings. The van der Waals surface area contributed by atoms with Crippen LogP contribution in [0.5, 0.6) is 0 Å². The van der Waals surface area contributed by atoms with Crippen molar-refractivity contribution in [1.29, 1.82) is 0 Å². The fourth-order valence-corrected chi connectivity index (χ4v) is 5.30. The Morgan fingerprint density at radius 1 is 1.14 bits per heavy atom. The number of halogens is 3. The number of urea groups is 1. The summed E-state index contributed by atoms with van der Waals surface area (Å²) in [5, 5.41) is 3.16. The third-order valence-electron chi connectivity index (χ3n) is 6.05. The van der Waals surface area contributed by atoms with Crippen molar-refractivity contribution in [1.82, 2.24) is 21.1 Å². The molecule has 2 aromatic rings. The summed E-state index contributed by atoms with van der Waals surface area (Å²) in [4.78, 5) is 54.5. The van der Waals surface area contributed by atoms with Crippen molar-refractivity contribution in [2.45, 2.75) is 50.0 Å². The van der Waals surface area contributed by atoms with E-state index in [1.54, 1.807) is 51.1 Å². The van der Waals surface area contributed by atoms with Gasteiger partial charge >= 0.3 is 18.2 Å². The van der Waals surface area contributed by atoms with Gasteiger partial charge in [0, 0.05) is 27.8 Å². The van der Waals surface area contributed by atoms with Crippen molar-refractivity contribution < 1.29 is 37.4 Å². The van der Waals surface area contributed by atoms with Crippen LogP contribution in [0.2, 0.25) is 5.02 Å². The Hall–Kier alpha value is -3.62. The number of hydrogen-bond acceptors (Lipinski definition) is 7. The van der Waals surface area contributed by atoms with Crippen LogP contribution < -0.4 is 21.1 Å². The number of ether oxygens (including phenoxy) is 2. The van der Waals surface area contributed by atoms with Crippen molar-refractivity contribution >= 4 is 53.0 Å². The summed E-state index contributed by atoms with van der Waals surface area (Å²) in [6.45, 7) is 3.86. The standard InChI is InChI=1S/C27H30ClF2N5O6S/c1-26(2,3)41-25(39)31-19-14-42-21-9-6-17(22(36)32-33-24(38)34-10-11-40-27(29,30)15-34)12-20(21)35(23(19)37)13-16-4-7-18(28)8-5-16/h4-9,12,19H,10-11,13-15H2,1-3H3,(H,31,39)(H,32,36)(H,33,38)/t19-/m0/s1. The number of carbonyl (C=O) groups excluding carboxylic acids is 4. The SMILES string of the molecule is CC(C)(C)OC(=O)N[C@H]1CSc2ccc(C(=O)NNC(=O)N3CCOC(F)(F)C3)cc2N(Cc2ccc(Cl)cc2)C1=O. The van der Waals surface area contributed by atoms with Crippen LogP contribution in [0.1, 0.15) is 36.7 Å². The van der Waals surface area contributed by atoms with E-state index in [2.05, 4.69) is 20.9 Å². The predicted octanol–water partition coefficient (Wildman–Crippen LogP) is 4.15. The number of alkyl carbamates (subject to hydrolysis) is 1. The molecule has 0 aromatic heterocycles. The van der Waals surface area contributed by atoms with E-state index in [0.29, 0.717) is 15.6 Å². The molecule has 11 nitrogen and oxygen atoms in total. The number of rotatable bonds is 4. The lowest BCUT2D eigenvalue weighted by Crippen LogP contribution is -2.55. The number of alkyl halides is 2. The molecule has 2 heterocycles. The Bertz CT molecular complexity index is 1360. The first kappa shape index (κ1) is 31.3. The zero-order valence-corrected chi connectivity index (χ0v) is 24.6. The molecule has 3 N–H and O–H groups in total. The molecule has 42 heavy (non-hydrogen) atoms. The van der Waals surface area contributed by atoms with E-state index in [0.717, 1.165) is 10.5 Å². The molecule has 0 bridgehead atoms. The van der Waals surface area contributed by atoms with Gasteiger partial charge in [-0.05, 0) is 56.7 Å². The van der Waals surface area contributed by atoms with Crippen LogP contribution in [0.3, 0.4) is 0 Å². The Balaban J connectivity index is 1.55. The number of morpholine rings is 1. The van der Waals surface area contributed by atoms with E-state index < -0.39 is 48.2 Å². The lowest BCUT2D eigenvalue weighted by Gasteiger charge is -2.32. The molecule has 5 amide bonds. The highest BCUT2D eigenvalue weighted by Gasteiger charge is 2.39. The normalized spacial score (nSPS) is 18.4. The van der Waals surface area contributed by atoms with Gasteiger partial charge in [-0.3, -0.25) is 15.0 Å². The summed E-state index contributed by atoms with van der Waals surface area (Å²) < 4.78 is 36.6. The third kappa shape index (κ3) is 8.23. The van der Waals surface area contributed by atoms with E-state index in [9.17, 15) is 28.0 Å². The number of nitrogens with one attached hydrogen (secondary N) is 3. The summed E-state index contributed by atoms with van der Waals surface area (Å²) in [5.74, 6) is -0.961. The fourth-order valence-electron chi connectivity index (χ4n) is 4.12. The van der Waals surface area contributed by atoms with E-state index in [4.69, 9.17) is 16.3 Å². The lowest BCUT2D eigenvalue weighted by atomic mass is 10.1. The number of thioether (sulfide) groups is 1. The van der Waals surface area contributed by atoms with Gasteiger partial charge in [-0.2, -0.15) is 8.78 Å². The van der Waals surface area contributed by atoms with Crippen LogP contribution in [-0.4, -0.2) is 72.0 Å². The number of anilines is 1. The summed E-state index contributed by atoms with van der Waals surface area (Å²) in [6.07, 6.45) is -4.22. The van der Waals surface area contributed by atoms with Crippen LogP contribution in [-0.2, 0) is 20.8 Å². The maximum absolute atomic E-state index is 13.8. The highest BCUT2D eigenvalue weighted by molar-refractivity contribution is 7.99. The minimum atomic E-state index is -3.48. The molecule has 226 valence electrons. The Kier molecular flexibility index (Phi) is 9.48. The van der Waals surface area contributed by atoms with Crippen molar-refractivity contribution in [2.75, 3.05) is 30.3 Å². The quantitative estimate of drug-likeness (QED) is 0.435. The number of nitrogens with zero attached hydrogens (tertiary/aromatic N) is 2. The first-order valence-electron chi connectivity index (χ1n) is 12.9. The Labute approximate surface area is 250 Å². The van der Waals surface area contributed by atoms with Crippen molar-refractivity contribution in [3.05, 3.63) is 58.6 Å². The molecule has 0 radical (unpaired) electrons. The second-order valence-corrected chi connectivity index (χ2v) is 12.0. The number of carbonyl (C=O) groups is 4. The van der Waals surface area contributed by atoms with Crippen molar-refractivity contribution in [2.24, 2.45) is 0 Å². The van der Waals surface area contributed by atoms with Gasteiger partial charge < -0.3 is 24.6 Å². The van der Waals surface area contributed by atoms with Crippen LogP contribution in [0.4, 0.5) is 24.1 Å². The molecule has 15 heteroatoms. The zero-order valence-electron chi connectivity index (χ0n) is 23.0. The Morgan fingerprint density at radius 3 is 2.52 bits per heavy atom. The second-order valence-electron chi connectivity index (χ2n) is 10.5. The van der Waals surface area contributed by atoms with E-state index >= 15 is 0 Å². The lowest BCUT2D eigenvalue weighted by molar-refractivity contribution is -0.263. The molecule has 4 rings (SSSR count). The maximum Gasteiger partial charge on any atom is 0.408 e. The zero-order chi connectivity index (χ0) is 30.7. The van der Waals surface area contributed by atoms with Gasteiger partial charge in [-0.1, -0.05) is 23.7 Å². The largest absolute Gasteiger partial charge is 0.444 e. The van der Waals surface area contributed by atoms with Gasteiger partial charge in [0.25, 0.3) is 11.8 Å². The summed E-state index contributed by atoms with van der Waals surface area (Å²) in [7, 11) is 0. The first-order chi connectivity index (χ1) is 19.7. The third-order valence-corrected chi connectivity index (χ3v) is 7.45. The summed E-state index contributed by atoms with van der Waals surface area (Å²) in [6, 6.07) is 9.65. The number of amides is 5. The average Bonchev–Trinajstić information content (AvgIpc) is 3.03. The van der Waals surface area contributed by atoms with Crippen LogP contribution in [0.15, 0.2) is 47.4 Å². The first-order valence-corrected chi connectivity index (χ1v) is 14.3. The van der Waals surface area contributed by atoms with Crippen molar-refractivity contribution in [3.63, 3.8) is 0 Å². The molecule has 2 aliphatic heterocycles. The molecular formula is C27H30ClF2N5O6S. The van der Waals surface area contributed by atoms with E-state index in [1.165, 1.54) is 28.8 Å². The predicted molar refractivity (Wildman–Crippen MR) is 151 cm³/mol. The highest BCUT2D eigenvalue weighted by atomic mass is 35.5. The monoisotopic (exact) mass is 625 g/mol. The van der Waals surface area contributed by atoms with Gasteiger partial charge in [0.05, 0.1) is 18.8 Å². The van der Waals surface area contributed by atoms with E-state index in [-0.39, 0.29) is 31.0 Å². The van der Waals surface area contributed by atoms with Gasteiger partial charge in [-0.15, -0.1) is 11.8 Å². The number of hydrazine groups is 1.